The van der Waals surface area contributed by atoms with Crippen LogP contribution in [0.5, 0.6) is 0 Å². The van der Waals surface area contributed by atoms with Gasteiger partial charge in [0.1, 0.15) is 11.9 Å². The number of aliphatic hydroxyl groups is 1. The summed E-state index contributed by atoms with van der Waals surface area (Å²) in [5, 5.41) is 9.99. The average molecular weight is 433 g/mol. The maximum absolute atomic E-state index is 14.1. The van der Waals surface area contributed by atoms with Crippen LogP contribution in [0.15, 0.2) is 60.2 Å². The summed E-state index contributed by atoms with van der Waals surface area (Å²) in [5.74, 6) is -0.618. The van der Waals surface area contributed by atoms with E-state index in [4.69, 9.17) is 4.74 Å². The highest BCUT2D eigenvalue weighted by atomic mass is 19.1. The van der Waals surface area contributed by atoms with Gasteiger partial charge < -0.3 is 9.84 Å². The lowest BCUT2D eigenvalue weighted by Crippen LogP contribution is -2.31. The molecule has 2 unspecified atom stereocenters. The molecule has 166 valence electrons. The molecule has 4 heteroatoms. The van der Waals surface area contributed by atoms with E-state index in [9.17, 15) is 14.3 Å². The molecule has 1 N–H and O–H groups in total. The minimum absolute atomic E-state index is 0.0357. The number of rotatable bonds is 3. The molecule has 1 fully saturated rings. The Balaban J connectivity index is 1.94. The summed E-state index contributed by atoms with van der Waals surface area (Å²) < 4.78 is 19.5. The van der Waals surface area contributed by atoms with Gasteiger partial charge in [-0.25, -0.2) is 4.39 Å². The van der Waals surface area contributed by atoms with Crippen LogP contribution in [0.2, 0.25) is 0 Å². The Morgan fingerprint density at radius 3 is 2.66 bits per heavy atom. The summed E-state index contributed by atoms with van der Waals surface area (Å²) in [6, 6.07) is 11.4. The SMILES string of the molecule is Cc1cc(C2=C(C=CC3CC(O)CC(=O)O3)C(C)(C)C=Cc3c(C)cccc32)ccc1F. The molecular weight excluding hydrogens is 403 g/mol. The number of fused-ring (bicyclic) bond motifs is 1. The first kappa shape index (κ1) is 22.2. The van der Waals surface area contributed by atoms with E-state index in [1.807, 2.05) is 30.4 Å². The van der Waals surface area contributed by atoms with Gasteiger partial charge in [-0.1, -0.05) is 56.3 Å². The maximum atomic E-state index is 14.1. The van der Waals surface area contributed by atoms with Crippen molar-refractivity contribution in [2.24, 2.45) is 5.41 Å². The van der Waals surface area contributed by atoms with E-state index in [1.165, 1.54) is 11.6 Å². The number of cyclic esters (lactones) is 1. The van der Waals surface area contributed by atoms with Gasteiger partial charge in [0.25, 0.3) is 0 Å². The highest BCUT2D eigenvalue weighted by molar-refractivity contribution is 5.90. The normalized spacial score (nSPS) is 22.6. The molecule has 1 aliphatic carbocycles. The first-order chi connectivity index (χ1) is 15.2. The molecule has 32 heavy (non-hydrogen) atoms. The number of ether oxygens (including phenoxy) is 1. The van der Waals surface area contributed by atoms with Gasteiger partial charge in [-0.2, -0.15) is 0 Å². The third kappa shape index (κ3) is 4.33. The molecule has 0 spiro atoms. The topological polar surface area (TPSA) is 46.5 Å². The Morgan fingerprint density at radius 2 is 1.94 bits per heavy atom. The number of benzene rings is 2. The van der Waals surface area contributed by atoms with Crippen molar-refractivity contribution in [1.82, 2.24) is 0 Å². The summed E-state index contributed by atoms with van der Waals surface area (Å²) in [5.41, 5.74) is 6.65. The van der Waals surface area contributed by atoms with Crippen LogP contribution in [-0.4, -0.2) is 23.3 Å². The molecule has 0 aromatic heterocycles. The predicted molar refractivity (Wildman–Crippen MR) is 125 cm³/mol. The summed E-state index contributed by atoms with van der Waals surface area (Å²) >= 11 is 0. The highest BCUT2D eigenvalue weighted by Gasteiger charge is 2.29. The fraction of sp³-hybridized carbons (Fsp3) is 0.321. The summed E-state index contributed by atoms with van der Waals surface area (Å²) in [6.45, 7) is 8.15. The van der Waals surface area contributed by atoms with Crippen molar-refractivity contribution in [3.8, 4) is 0 Å². The Kier molecular flexibility index (Phi) is 5.91. The number of carbonyl (C=O) groups excluding carboxylic acids is 1. The van der Waals surface area contributed by atoms with Gasteiger partial charge in [0.2, 0.25) is 0 Å². The van der Waals surface area contributed by atoms with Crippen LogP contribution < -0.4 is 0 Å². The van der Waals surface area contributed by atoms with Crippen molar-refractivity contribution in [2.75, 3.05) is 0 Å². The van der Waals surface area contributed by atoms with Gasteiger partial charge in [-0.15, -0.1) is 0 Å². The maximum Gasteiger partial charge on any atom is 0.309 e. The fourth-order valence-corrected chi connectivity index (χ4v) is 4.51. The van der Waals surface area contributed by atoms with Crippen LogP contribution in [0.3, 0.4) is 0 Å². The quantitative estimate of drug-likeness (QED) is 0.613. The highest BCUT2D eigenvalue weighted by Crippen LogP contribution is 2.44. The van der Waals surface area contributed by atoms with Crippen molar-refractivity contribution in [1.29, 1.82) is 0 Å². The van der Waals surface area contributed by atoms with E-state index in [-0.39, 0.29) is 23.6 Å². The minimum Gasteiger partial charge on any atom is -0.458 e. The van der Waals surface area contributed by atoms with E-state index in [0.717, 1.165) is 27.8 Å². The number of aryl methyl sites for hydroxylation is 2. The van der Waals surface area contributed by atoms with Crippen molar-refractivity contribution in [3.63, 3.8) is 0 Å². The zero-order valence-electron chi connectivity index (χ0n) is 19.0. The largest absolute Gasteiger partial charge is 0.458 e. The van der Waals surface area contributed by atoms with Gasteiger partial charge in [-0.05, 0) is 71.0 Å². The first-order valence-corrected chi connectivity index (χ1v) is 11.0. The lowest BCUT2D eigenvalue weighted by molar-refractivity contribution is -0.156. The smallest absolute Gasteiger partial charge is 0.309 e. The third-order valence-electron chi connectivity index (χ3n) is 6.34. The fourth-order valence-electron chi connectivity index (χ4n) is 4.51. The second-order valence-corrected chi connectivity index (χ2v) is 9.32. The summed E-state index contributed by atoms with van der Waals surface area (Å²) in [7, 11) is 0. The third-order valence-corrected chi connectivity index (χ3v) is 6.34. The second-order valence-electron chi connectivity index (χ2n) is 9.32. The van der Waals surface area contributed by atoms with Crippen LogP contribution >= 0.6 is 0 Å². The Hall–Kier alpha value is -2.98. The molecule has 0 bridgehead atoms. The molecule has 1 saturated heterocycles. The van der Waals surface area contributed by atoms with Crippen LogP contribution in [0.25, 0.3) is 11.6 Å². The van der Waals surface area contributed by atoms with Crippen molar-refractivity contribution in [3.05, 3.63) is 93.8 Å². The van der Waals surface area contributed by atoms with Crippen molar-refractivity contribution >= 4 is 17.6 Å². The monoisotopic (exact) mass is 432 g/mol. The molecule has 2 aromatic carbocycles. The first-order valence-electron chi connectivity index (χ1n) is 11.0. The number of halogens is 1. The van der Waals surface area contributed by atoms with E-state index < -0.39 is 12.2 Å². The molecule has 0 radical (unpaired) electrons. The number of esters is 1. The zero-order chi connectivity index (χ0) is 23.0. The zero-order valence-corrected chi connectivity index (χ0v) is 19.0. The van der Waals surface area contributed by atoms with Gasteiger partial charge >= 0.3 is 5.97 Å². The van der Waals surface area contributed by atoms with Gasteiger partial charge in [-0.3, -0.25) is 4.79 Å². The second kappa shape index (κ2) is 8.51. The molecule has 0 saturated carbocycles. The van der Waals surface area contributed by atoms with Crippen LogP contribution in [0, 0.1) is 25.1 Å². The number of aliphatic hydroxyl groups excluding tert-OH is 1. The van der Waals surface area contributed by atoms with E-state index in [1.54, 1.807) is 6.92 Å². The van der Waals surface area contributed by atoms with Gasteiger partial charge in [0.05, 0.1) is 12.5 Å². The standard InChI is InChI=1S/C28H29FO3/c1-17-6-5-7-23-22(17)12-13-28(3,4)24(10-9-21-15-20(30)16-26(31)32-21)27(23)19-8-11-25(29)18(2)14-19/h5-14,20-21,30H,15-16H2,1-4H3. The molecule has 3 nitrogen and oxygen atoms in total. The van der Waals surface area contributed by atoms with Crippen molar-refractivity contribution in [2.45, 2.75) is 52.7 Å². The Morgan fingerprint density at radius 1 is 1.16 bits per heavy atom. The molecule has 2 aliphatic rings. The average Bonchev–Trinajstić information content (AvgIpc) is 2.82. The molecule has 0 amide bonds. The summed E-state index contributed by atoms with van der Waals surface area (Å²) in [6.07, 6.45) is 7.46. The number of allylic oxidation sites excluding steroid dienone is 3. The lowest BCUT2D eigenvalue weighted by atomic mass is 9.78. The molecule has 2 atom stereocenters. The van der Waals surface area contributed by atoms with Crippen LogP contribution in [-0.2, 0) is 9.53 Å². The molecule has 4 rings (SSSR count). The molecule has 2 aromatic rings. The van der Waals surface area contributed by atoms with Crippen molar-refractivity contribution < 1.29 is 19.0 Å². The Labute approximate surface area is 188 Å². The van der Waals surface area contributed by atoms with E-state index in [0.29, 0.717) is 12.0 Å². The number of hydrogen-bond donors (Lipinski definition) is 1. The minimum atomic E-state index is -0.690. The predicted octanol–water partition coefficient (Wildman–Crippen LogP) is 5.92. The number of hydrogen-bond acceptors (Lipinski definition) is 3. The molecule has 1 heterocycles. The van der Waals surface area contributed by atoms with E-state index >= 15 is 0 Å². The van der Waals surface area contributed by atoms with Gasteiger partial charge in [0.15, 0.2) is 0 Å². The summed E-state index contributed by atoms with van der Waals surface area (Å²) in [4.78, 5) is 11.8. The number of carbonyl (C=O) groups is 1. The lowest BCUT2D eigenvalue weighted by Gasteiger charge is -2.27. The van der Waals surface area contributed by atoms with Crippen LogP contribution in [0.1, 0.15) is 54.5 Å². The Bertz CT molecular complexity index is 1150. The molecular formula is C28H29FO3. The van der Waals surface area contributed by atoms with Crippen LogP contribution in [0.4, 0.5) is 4.39 Å². The molecule has 1 aliphatic heterocycles. The van der Waals surface area contributed by atoms with Gasteiger partial charge in [0, 0.05) is 11.8 Å². The van der Waals surface area contributed by atoms with E-state index in [2.05, 4.69) is 45.1 Å².